The zero-order valence-electron chi connectivity index (χ0n) is 9.67. The predicted octanol–water partition coefficient (Wildman–Crippen LogP) is 1.81. The number of carboxylic acids is 1. The molecule has 0 radical (unpaired) electrons. The lowest BCUT2D eigenvalue weighted by molar-refractivity contribution is -0.140. The summed E-state index contributed by atoms with van der Waals surface area (Å²) in [7, 11) is 0. The van der Waals surface area contributed by atoms with Crippen LogP contribution in [0.2, 0.25) is 0 Å². The Kier molecular flexibility index (Phi) is 3.56. The number of rotatable bonds is 3. The van der Waals surface area contributed by atoms with E-state index in [9.17, 15) is 9.90 Å². The highest BCUT2D eigenvalue weighted by atomic mass is 16.4. The quantitative estimate of drug-likeness (QED) is 0.834. The number of carbonyl (C=O) groups is 1. The minimum Gasteiger partial charge on any atom is -0.481 e. The first-order chi connectivity index (χ1) is 8.18. The highest BCUT2D eigenvalue weighted by Gasteiger charge is 2.31. The molecule has 92 valence electrons. The molecule has 5 nitrogen and oxygen atoms in total. The van der Waals surface area contributed by atoms with E-state index in [2.05, 4.69) is 9.97 Å². The Morgan fingerprint density at radius 2 is 2.06 bits per heavy atom. The maximum Gasteiger partial charge on any atom is 0.312 e. The second kappa shape index (κ2) is 5.12. The van der Waals surface area contributed by atoms with Crippen LogP contribution in [0.4, 0.5) is 5.82 Å². The van der Waals surface area contributed by atoms with E-state index in [0.717, 1.165) is 25.7 Å². The SMILES string of the molecule is Nc1cc(C(C(=O)O)C2CCCCC2)ncn1. The van der Waals surface area contributed by atoms with Crippen molar-refractivity contribution >= 4 is 11.8 Å². The van der Waals surface area contributed by atoms with Crippen molar-refractivity contribution in [3.05, 3.63) is 18.1 Å². The molecular weight excluding hydrogens is 218 g/mol. The maximum absolute atomic E-state index is 11.4. The van der Waals surface area contributed by atoms with Gasteiger partial charge in [0.1, 0.15) is 18.1 Å². The minimum absolute atomic E-state index is 0.176. The smallest absolute Gasteiger partial charge is 0.312 e. The van der Waals surface area contributed by atoms with Gasteiger partial charge in [0.2, 0.25) is 0 Å². The van der Waals surface area contributed by atoms with E-state index in [-0.39, 0.29) is 5.92 Å². The van der Waals surface area contributed by atoms with Crippen molar-refractivity contribution in [2.45, 2.75) is 38.0 Å². The van der Waals surface area contributed by atoms with Gasteiger partial charge < -0.3 is 10.8 Å². The van der Waals surface area contributed by atoms with Gasteiger partial charge >= 0.3 is 5.97 Å². The number of aliphatic carboxylic acids is 1. The first-order valence-electron chi connectivity index (χ1n) is 5.98. The molecule has 1 atom stereocenters. The van der Waals surface area contributed by atoms with Gasteiger partial charge in [-0.3, -0.25) is 4.79 Å². The van der Waals surface area contributed by atoms with E-state index in [1.807, 2.05) is 0 Å². The molecule has 3 N–H and O–H groups in total. The molecule has 1 aliphatic rings. The number of hydrogen-bond acceptors (Lipinski definition) is 4. The standard InChI is InChI=1S/C12H17N3O2/c13-10-6-9(14-7-15-10)11(12(16)17)8-4-2-1-3-5-8/h6-8,11H,1-5H2,(H,16,17)(H2,13,14,15). The highest BCUT2D eigenvalue weighted by Crippen LogP contribution is 2.35. The van der Waals surface area contributed by atoms with Crippen LogP contribution in [0, 0.1) is 5.92 Å². The van der Waals surface area contributed by atoms with Crippen LogP contribution in [0.25, 0.3) is 0 Å². The van der Waals surface area contributed by atoms with Crippen LogP contribution in [0.1, 0.15) is 43.7 Å². The Hall–Kier alpha value is -1.65. The predicted molar refractivity (Wildman–Crippen MR) is 63.4 cm³/mol. The summed E-state index contributed by atoms with van der Waals surface area (Å²) >= 11 is 0. The monoisotopic (exact) mass is 235 g/mol. The molecule has 0 amide bonds. The number of hydrogen-bond donors (Lipinski definition) is 2. The lowest BCUT2D eigenvalue weighted by atomic mass is 9.78. The van der Waals surface area contributed by atoms with Crippen LogP contribution in [0.15, 0.2) is 12.4 Å². The molecule has 2 rings (SSSR count). The average Bonchev–Trinajstić information content (AvgIpc) is 2.30. The van der Waals surface area contributed by atoms with Gasteiger partial charge in [-0.2, -0.15) is 0 Å². The van der Waals surface area contributed by atoms with Crippen molar-refractivity contribution in [1.82, 2.24) is 9.97 Å². The van der Waals surface area contributed by atoms with E-state index in [1.54, 1.807) is 6.07 Å². The second-order valence-electron chi connectivity index (χ2n) is 4.58. The van der Waals surface area contributed by atoms with Crippen molar-refractivity contribution in [1.29, 1.82) is 0 Å². The first kappa shape index (κ1) is 11.8. The molecule has 5 heteroatoms. The normalized spacial score (nSPS) is 18.8. The summed E-state index contributed by atoms with van der Waals surface area (Å²) in [4.78, 5) is 19.3. The molecule has 1 saturated carbocycles. The molecule has 0 bridgehead atoms. The van der Waals surface area contributed by atoms with Crippen LogP contribution in [-0.4, -0.2) is 21.0 Å². The average molecular weight is 235 g/mol. The summed E-state index contributed by atoms with van der Waals surface area (Å²) in [5.41, 5.74) is 6.12. The third kappa shape index (κ3) is 2.72. The molecule has 1 unspecified atom stereocenters. The van der Waals surface area contributed by atoms with Crippen molar-refractivity contribution in [3.63, 3.8) is 0 Å². The summed E-state index contributed by atoms with van der Waals surface area (Å²) in [6.45, 7) is 0. The molecule has 1 fully saturated rings. The number of anilines is 1. The molecule has 0 saturated heterocycles. The van der Waals surface area contributed by atoms with Crippen LogP contribution in [-0.2, 0) is 4.79 Å². The fourth-order valence-corrected chi connectivity index (χ4v) is 2.60. The maximum atomic E-state index is 11.4. The summed E-state index contributed by atoms with van der Waals surface area (Å²) in [6.07, 6.45) is 6.67. The van der Waals surface area contributed by atoms with Gasteiger partial charge in [-0.25, -0.2) is 9.97 Å². The molecule has 1 aromatic rings. The zero-order valence-corrected chi connectivity index (χ0v) is 9.67. The number of nitrogens with zero attached hydrogens (tertiary/aromatic N) is 2. The van der Waals surface area contributed by atoms with Gasteiger partial charge in [0.15, 0.2) is 0 Å². The summed E-state index contributed by atoms with van der Waals surface area (Å²) in [5.74, 6) is -0.844. The molecule has 1 heterocycles. The third-order valence-electron chi connectivity index (χ3n) is 3.42. The summed E-state index contributed by atoms with van der Waals surface area (Å²) in [6, 6.07) is 1.58. The Morgan fingerprint density at radius 1 is 1.35 bits per heavy atom. The van der Waals surface area contributed by atoms with Crippen LogP contribution in [0.3, 0.4) is 0 Å². The Morgan fingerprint density at radius 3 is 2.65 bits per heavy atom. The van der Waals surface area contributed by atoms with E-state index in [0.29, 0.717) is 11.5 Å². The lowest BCUT2D eigenvalue weighted by Crippen LogP contribution is -2.24. The number of nitrogens with two attached hydrogens (primary N) is 1. The molecular formula is C12H17N3O2. The van der Waals surface area contributed by atoms with Gasteiger partial charge in [-0.15, -0.1) is 0 Å². The molecule has 1 aliphatic carbocycles. The van der Waals surface area contributed by atoms with Gasteiger partial charge in [0, 0.05) is 6.07 Å². The highest BCUT2D eigenvalue weighted by molar-refractivity contribution is 5.76. The van der Waals surface area contributed by atoms with Gasteiger partial charge in [0.25, 0.3) is 0 Å². The minimum atomic E-state index is -0.810. The van der Waals surface area contributed by atoms with Crippen LogP contribution >= 0.6 is 0 Å². The van der Waals surface area contributed by atoms with Crippen LogP contribution in [0.5, 0.6) is 0 Å². The second-order valence-corrected chi connectivity index (χ2v) is 4.58. The fourth-order valence-electron chi connectivity index (χ4n) is 2.60. The number of aromatic nitrogens is 2. The Labute approximate surface area is 100 Å². The van der Waals surface area contributed by atoms with Gasteiger partial charge in [0.05, 0.1) is 5.69 Å². The largest absolute Gasteiger partial charge is 0.481 e. The summed E-state index contributed by atoms with van der Waals surface area (Å²) in [5, 5.41) is 9.37. The number of nitrogen functional groups attached to an aromatic ring is 1. The van der Waals surface area contributed by atoms with Crippen molar-refractivity contribution < 1.29 is 9.90 Å². The number of carboxylic acid groups (broad SMARTS) is 1. The molecule has 0 spiro atoms. The van der Waals surface area contributed by atoms with E-state index in [1.165, 1.54) is 12.7 Å². The van der Waals surface area contributed by atoms with Gasteiger partial charge in [-0.1, -0.05) is 19.3 Å². The summed E-state index contributed by atoms with van der Waals surface area (Å²) < 4.78 is 0. The van der Waals surface area contributed by atoms with E-state index in [4.69, 9.17) is 5.73 Å². The van der Waals surface area contributed by atoms with Crippen molar-refractivity contribution in [3.8, 4) is 0 Å². The van der Waals surface area contributed by atoms with E-state index >= 15 is 0 Å². The van der Waals surface area contributed by atoms with Crippen molar-refractivity contribution in [2.75, 3.05) is 5.73 Å². The van der Waals surface area contributed by atoms with Crippen LogP contribution < -0.4 is 5.73 Å². The van der Waals surface area contributed by atoms with Crippen molar-refractivity contribution in [2.24, 2.45) is 5.92 Å². The lowest BCUT2D eigenvalue weighted by Gasteiger charge is -2.27. The Balaban J connectivity index is 2.25. The van der Waals surface area contributed by atoms with Gasteiger partial charge in [-0.05, 0) is 18.8 Å². The molecule has 0 aliphatic heterocycles. The molecule has 1 aromatic heterocycles. The topological polar surface area (TPSA) is 89.1 Å². The molecule has 0 aromatic carbocycles. The molecule has 17 heavy (non-hydrogen) atoms. The zero-order chi connectivity index (χ0) is 12.3. The fraction of sp³-hybridized carbons (Fsp3) is 0.583. The Bertz CT molecular complexity index is 402. The first-order valence-corrected chi connectivity index (χ1v) is 5.98. The third-order valence-corrected chi connectivity index (χ3v) is 3.42. The van der Waals surface area contributed by atoms with E-state index < -0.39 is 11.9 Å².